The molecule has 1 saturated heterocycles. The van der Waals surface area contributed by atoms with Gasteiger partial charge in [-0.1, -0.05) is 18.2 Å². The molecule has 1 aromatic heterocycles. The van der Waals surface area contributed by atoms with Crippen molar-refractivity contribution in [2.24, 2.45) is 0 Å². The number of carbonyl (C=O) groups excluding carboxylic acids is 1. The van der Waals surface area contributed by atoms with Crippen LogP contribution in [0.2, 0.25) is 0 Å². The average Bonchev–Trinajstić information content (AvgIpc) is 2.84. The van der Waals surface area contributed by atoms with Crippen LogP contribution in [0.5, 0.6) is 0 Å². The summed E-state index contributed by atoms with van der Waals surface area (Å²) in [6.07, 6.45) is -3.64. The predicted molar refractivity (Wildman–Crippen MR) is 121 cm³/mol. The molecule has 0 atom stereocenters. The molecule has 7 nitrogen and oxygen atoms in total. The Morgan fingerprint density at radius 3 is 2.09 bits per heavy atom. The molecule has 0 spiro atoms. The van der Waals surface area contributed by atoms with Gasteiger partial charge in [0.25, 0.3) is 15.9 Å². The second kappa shape index (κ2) is 9.34. The number of aromatic nitrogens is 1. The van der Waals surface area contributed by atoms with Gasteiger partial charge < -0.3 is 9.80 Å². The maximum Gasteiger partial charge on any atom is 0.417 e. The maximum absolute atomic E-state index is 12.9. The van der Waals surface area contributed by atoms with Gasteiger partial charge in [-0.05, 0) is 48.5 Å². The molecule has 3 aromatic rings. The van der Waals surface area contributed by atoms with Crippen LogP contribution in [0.15, 0.2) is 77.8 Å². The van der Waals surface area contributed by atoms with Crippen LogP contribution in [0.25, 0.3) is 0 Å². The molecule has 1 N–H and O–H groups in total. The van der Waals surface area contributed by atoms with E-state index in [4.69, 9.17) is 0 Å². The lowest BCUT2D eigenvalue weighted by Crippen LogP contribution is -2.49. The monoisotopic (exact) mass is 490 g/mol. The quantitative estimate of drug-likeness (QED) is 0.587. The van der Waals surface area contributed by atoms with Crippen molar-refractivity contribution in [2.75, 3.05) is 35.8 Å². The summed E-state index contributed by atoms with van der Waals surface area (Å²) in [6, 6.07) is 16.5. The Balaban J connectivity index is 1.37. The molecular formula is C23H21F3N4O3S. The summed E-state index contributed by atoms with van der Waals surface area (Å²) in [5, 5.41) is 0. The average molecular weight is 491 g/mol. The summed E-state index contributed by atoms with van der Waals surface area (Å²) in [5.41, 5.74) is -0.0303. The zero-order chi connectivity index (χ0) is 24.3. The normalized spacial score (nSPS) is 14.7. The van der Waals surface area contributed by atoms with Crippen molar-refractivity contribution in [3.8, 4) is 0 Å². The van der Waals surface area contributed by atoms with Crippen molar-refractivity contribution >= 4 is 27.4 Å². The number of piperazine rings is 1. The summed E-state index contributed by atoms with van der Waals surface area (Å²) < 4.78 is 65.7. The largest absolute Gasteiger partial charge is 0.417 e. The number of benzene rings is 2. The summed E-state index contributed by atoms with van der Waals surface area (Å²) in [7, 11) is -3.79. The number of alkyl halides is 3. The second-order valence-electron chi connectivity index (χ2n) is 7.68. The molecule has 2 aromatic carbocycles. The van der Waals surface area contributed by atoms with Crippen LogP contribution in [0.1, 0.15) is 15.9 Å². The number of nitrogens with zero attached hydrogens (tertiary/aromatic N) is 3. The van der Waals surface area contributed by atoms with E-state index in [2.05, 4.69) is 9.71 Å². The summed E-state index contributed by atoms with van der Waals surface area (Å²) in [6.45, 7) is 1.55. The van der Waals surface area contributed by atoms with E-state index in [-0.39, 0.29) is 10.8 Å². The SMILES string of the molecule is O=C(c1ccc(S(=O)(=O)Nc2ccccc2)cc1)N1CCN(c2ccc(C(F)(F)F)cn2)CC1. The van der Waals surface area contributed by atoms with E-state index >= 15 is 0 Å². The molecular weight excluding hydrogens is 469 g/mol. The fourth-order valence-corrected chi connectivity index (χ4v) is 4.62. The van der Waals surface area contributed by atoms with E-state index in [1.165, 1.54) is 30.3 Å². The number of hydrogen-bond donors (Lipinski definition) is 1. The number of halogens is 3. The molecule has 0 aliphatic carbocycles. The van der Waals surface area contributed by atoms with Crippen molar-refractivity contribution in [1.82, 2.24) is 9.88 Å². The number of amides is 1. The van der Waals surface area contributed by atoms with Crippen LogP contribution < -0.4 is 9.62 Å². The highest BCUT2D eigenvalue weighted by Crippen LogP contribution is 2.29. The van der Waals surface area contributed by atoms with Crippen LogP contribution in [-0.2, 0) is 16.2 Å². The lowest BCUT2D eigenvalue weighted by molar-refractivity contribution is -0.137. The van der Waals surface area contributed by atoms with Gasteiger partial charge in [-0.3, -0.25) is 9.52 Å². The lowest BCUT2D eigenvalue weighted by Gasteiger charge is -2.35. The standard InChI is InChI=1S/C23H21F3N4O3S/c24-23(25,26)18-8-11-21(27-16-18)29-12-14-30(15-13-29)22(31)17-6-9-20(10-7-17)34(32,33)28-19-4-2-1-3-5-19/h1-11,16,28H,12-15H2. The van der Waals surface area contributed by atoms with Crippen LogP contribution in [0.3, 0.4) is 0 Å². The van der Waals surface area contributed by atoms with Crippen LogP contribution in [-0.4, -0.2) is 50.4 Å². The van der Waals surface area contributed by atoms with Gasteiger partial charge in [-0.2, -0.15) is 13.2 Å². The van der Waals surface area contributed by atoms with E-state index in [9.17, 15) is 26.4 Å². The van der Waals surface area contributed by atoms with Gasteiger partial charge in [0.05, 0.1) is 10.5 Å². The number of nitrogens with one attached hydrogen (secondary N) is 1. The zero-order valence-corrected chi connectivity index (χ0v) is 18.7. The summed E-state index contributed by atoms with van der Waals surface area (Å²) in [4.78, 5) is 20.2. The third kappa shape index (κ3) is 5.30. The molecule has 4 rings (SSSR count). The number of carbonyl (C=O) groups is 1. The predicted octanol–water partition coefficient (Wildman–Crippen LogP) is 3.86. The molecule has 178 valence electrons. The second-order valence-corrected chi connectivity index (χ2v) is 9.36. The lowest BCUT2D eigenvalue weighted by atomic mass is 10.2. The molecule has 2 heterocycles. The maximum atomic E-state index is 12.9. The molecule has 1 aliphatic rings. The Kier molecular flexibility index (Phi) is 6.47. The Labute approximate surface area is 194 Å². The van der Waals surface area contributed by atoms with E-state index in [0.29, 0.717) is 43.2 Å². The van der Waals surface area contributed by atoms with Gasteiger partial charge in [-0.25, -0.2) is 13.4 Å². The van der Waals surface area contributed by atoms with Crippen molar-refractivity contribution < 1.29 is 26.4 Å². The Hall–Kier alpha value is -3.60. The van der Waals surface area contributed by atoms with E-state index in [0.717, 1.165) is 12.3 Å². The first-order chi connectivity index (χ1) is 16.1. The number of hydrogen-bond acceptors (Lipinski definition) is 5. The Morgan fingerprint density at radius 2 is 1.53 bits per heavy atom. The van der Waals surface area contributed by atoms with Crippen LogP contribution in [0.4, 0.5) is 24.7 Å². The molecule has 34 heavy (non-hydrogen) atoms. The number of rotatable bonds is 5. The molecule has 0 saturated carbocycles. The summed E-state index contributed by atoms with van der Waals surface area (Å²) in [5.74, 6) is 0.167. The van der Waals surface area contributed by atoms with Crippen LogP contribution >= 0.6 is 0 Å². The minimum atomic E-state index is -4.44. The third-order valence-corrected chi connectivity index (χ3v) is 6.80. The van der Waals surface area contributed by atoms with Gasteiger partial charge >= 0.3 is 6.18 Å². The van der Waals surface area contributed by atoms with Gasteiger partial charge in [0, 0.05) is 43.6 Å². The highest BCUT2D eigenvalue weighted by molar-refractivity contribution is 7.92. The Bertz CT molecular complexity index is 1240. The number of para-hydroxylation sites is 1. The summed E-state index contributed by atoms with van der Waals surface area (Å²) >= 11 is 0. The molecule has 1 aliphatic heterocycles. The first kappa shape index (κ1) is 23.6. The number of pyridine rings is 1. The number of anilines is 2. The zero-order valence-electron chi connectivity index (χ0n) is 17.9. The first-order valence-electron chi connectivity index (χ1n) is 10.4. The highest BCUT2D eigenvalue weighted by Gasteiger charge is 2.31. The highest BCUT2D eigenvalue weighted by atomic mass is 32.2. The minimum Gasteiger partial charge on any atom is -0.353 e. The van der Waals surface area contributed by atoms with Gasteiger partial charge in [0.1, 0.15) is 5.82 Å². The molecule has 1 fully saturated rings. The fraction of sp³-hybridized carbons (Fsp3) is 0.217. The van der Waals surface area contributed by atoms with Crippen molar-refractivity contribution in [3.05, 3.63) is 84.1 Å². The topological polar surface area (TPSA) is 82.6 Å². The van der Waals surface area contributed by atoms with Crippen molar-refractivity contribution in [1.29, 1.82) is 0 Å². The van der Waals surface area contributed by atoms with E-state index in [1.54, 1.807) is 35.2 Å². The Morgan fingerprint density at radius 1 is 0.882 bits per heavy atom. The minimum absolute atomic E-state index is 0.0334. The molecule has 0 radical (unpaired) electrons. The van der Waals surface area contributed by atoms with Crippen molar-refractivity contribution in [3.63, 3.8) is 0 Å². The van der Waals surface area contributed by atoms with Crippen LogP contribution in [0, 0.1) is 0 Å². The molecule has 1 amide bonds. The smallest absolute Gasteiger partial charge is 0.353 e. The fourth-order valence-electron chi connectivity index (χ4n) is 3.56. The molecule has 0 unspecified atom stereocenters. The van der Waals surface area contributed by atoms with Gasteiger partial charge in [0.2, 0.25) is 0 Å². The third-order valence-electron chi connectivity index (χ3n) is 5.40. The van der Waals surface area contributed by atoms with E-state index < -0.39 is 21.8 Å². The molecule has 0 bridgehead atoms. The number of sulfonamides is 1. The van der Waals surface area contributed by atoms with E-state index in [1.807, 2.05) is 4.90 Å². The van der Waals surface area contributed by atoms with Crippen molar-refractivity contribution in [2.45, 2.75) is 11.1 Å². The van der Waals surface area contributed by atoms with Gasteiger partial charge in [0.15, 0.2) is 0 Å². The molecule has 11 heteroatoms. The van der Waals surface area contributed by atoms with Gasteiger partial charge in [-0.15, -0.1) is 0 Å². The first-order valence-corrected chi connectivity index (χ1v) is 11.9.